The Hall–Kier alpha value is -1.41. The summed E-state index contributed by atoms with van der Waals surface area (Å²) in [5.41, 5.74) is 8.71. The zero-order chi connectivity index (χ0) is 11.3. The zero-order valence-corrected chi connectivity index (χ0v) is 9.29. The first-order valence-electron chi connectivity index (χ1n) is 5.08. The summed E-state index contributed by atoms with van der Waals surface area (Å²) in [5, 5.41) is 0. The molecule has 2 heteroatoms. The predicted molar refractivity (Wildman–Crippen MR) is 62.5 cm³/mol. The summed E-state index contributed by atoms with van der Waals surface area (Å²) in [5.74, 6) is 0.135. The SMILES string of the molecule is CC(C)=CC(=O)Cc1ccccc1CN. The first-order valence-corrected chi connectivity index (χ1v) is 5.08. The Morgan fingerprint density at radius 3 is 2.40 bits per heavy atom. The summed E-state index contributed by atoms with van der Waals surface area (Å²) in [7, 11) is 0. The van der Waals surface area contributed by atoms with Gasteiger partial charge in [0.05, 0.1) is 0 Å². The average Bonchev–Trinajstić information content (AvgIpc) is 2.17. The van der Waals surface area contributed by atoms with Crippen molar-refractivity contribution in [1.29, 1.82) is 0 Å². The molecular formula is C13H17NO. The molecule has 0 amide bonds. The maximum atomic E-state index is 11.6. The van der Waals surface area contributed by atoms with E-state index in [-0.39, 0.29) is 5.78 Å². The smallest absolute Gasteiger partial charge is 0.159 e. The number of hydrogen-bond donors (Lipinski definition) is 1. The fraction of sp³-hybridized carbons (Fsp3) is 0.308. The van der Waals surface area contributed by atoms with E-state index >= 15 is 0 Å². The molecule has 1 rings (SSSR count). The highest BCUT2D eigenvalue weighted by molar-refractivity contribution is 5.92. The maximum Gasteiger partial charge on any atom is 0.159 e. The lowest BCUT2D eigenvalue weighted by Crippen LogP contribution is -2.06. The lowest BCUT2D eigenvalue weighted by atomic mass is 10.0. The second kappa shape index (κ2) is 5.47. The lowest BCUT2D eigenvalue weighted by molar-refractivity contribution is -0.114. The van der Waals surface area contributed by atoms with Crippen LogP contribution in [0.25, 0.3) is 0 Å². The molecule has 0 bridgehead atoms. The number of carbonyl (C=O) groups is 1. The third kappa shape index (κ3) is 3.68. The number of allylic oxidation sites excluding steroid dienone is 2. The van der Waals surface area contributed by atoms with Crippen molar-refractivity contribution in [3.05, 3.63) is 47.0 Å². The Morgan fingerprint density at radius 2 is 1.87 bits per heavy atom. The Bertz CT molecular complexity index is 376. The number of carbonyl (C=O) groups excluding carboxylic acids is 1. The zero-order valence-electron chi connectivity index (χ0n) is 9.29. The standard InChI is InChI=1S/C13H17NO/c1-10(2)7-13(15)8-11-5-3-4-6-12(11)9-14/h3-7H,8-9,14H2,1-2H3. The van der Waals surface area contributed by atoms with E-state index < -0.39 is 0 Å². The van der Waals surface area contributed by atoms with Crippen LogP contribution in [0.1, 0.15) is 25.0 Å². The van der Waals surface area contributed by atoms with E-state index in [1.54, 1.807) is 6.08 Å². The van der Waals surface area contributed by atoms with Crippen molar-refractivity contribution in [2.24, 2.45) is 5.73 Å². The van der Waals surface area contributed by atoms with Gasteiger partial charge in [-0.3, -0.25) is 4.79 Å². The highest BCUT2D eigenvalue weighted by atomic mass is 16.1. The van der Waals surface area contributed by atoms with Gasteiger partial charge in [-0.05, 0) is 31.1 Å². The molecule has 0 aliphatic rings. The van der Waals surface area contributed by atoms with E-state index in [2.05, 4.69) is 0 Å². The predicted octanol–water partition coefficient (Wildman–Crippen LogP) is 2.22. The van der Waals surface area contributed by atoms with Crippen LogP contribution in [-0.2, 0) is 17.8 Å². The van der Waals surface area contributed by atoms with E-state index in [1.165, 1.54) is 0 Å². The molecule has 0 radical (unpaired) electrons. The summed E-state index contributed by atoms with van der Waals surface area (Å²) in [4.78, 5) is 11.6. The lowest BCUT2D eigenvalue weighted by Gasteiger charge is -2.05. The number of benzene rings is 1. The van der Waals surface area contributed by atoms with Gasteiger partial charge < -0.3 is 5.73 Å². The molecule has 0 aliphatic carbocycles. The van der Waals surface area contributed by atoms with E-state index in [9.17, 15) is 4.79 Å². The highest BCUT2D eigenvalue weighted by Gasteiger charge is 2.04. The van der Waals surface area contributed by atoms with Gasteiger partial charge in [0.25, 0.3) is 0 Å². The Balaban J connectivity index is 2.80. The van der Waals surface area contributed by atoms with Crippen molar-refractivity contribution in [3.63, 3.8) is 0 Å². The molecule has 0 unspecified atom stereocenters. The third-order valence-electron chi connectivity index (χ3n) is 2.15. The third-order valence-corrected chi connectivity index (χ3v) is 2.15. The molecule has 80 valence electrons. The van der Waals surface area contributed by atoms with Crippen molar-refractivity contribution in [1.82, 2.24) is 0 Å². The minimum Gasteiger partial charge on any atom is -0.326 e. The molecule has 1 aromatic carbocycles. The summed E-state index contributed by atoms with van der Waals surface area (Å²) >= 11 is 0. The highest BCUT2D eigenvalue weighted by Crippen LogP contribution is 2.09. The normalized spacial score (nSPS) is 9.80. The second-order valence-corrected chi connectivity index (χ2v) is 3.84. The molecule has 2 nitrogen and oxygen atoms in total. The minimum atomic E-state index is 0.135. The van der Waals surface area contributed by atoms with Crippen LogP contribution >= 0.6 is 0 Å². The van der Waals surface area contributed by atoms with Crippen molar-refractivity contribution < 1.29 is 4.79 Å². The summed E-state index contributed by atoms with van der Waals surface area (Å²) in [6.07, 6.45) is 2.12. The van der Waals surface area contributed by atoms with Crippen LogP contribution < -0.4 is 5.73 Å². The fourth-order valence-corrected chi connectivity index (χ4v) is 1.49. The number of nitrogens with two attached hydrogens (primary N) is 1. The summed E-state index contributed by atoms with van der Waals surface area (Å²) in [6, 6.07) is 7.80. The van der Waals surface area contributed by atoms with Gasteiger partial charge in [0.1, 0.15) is 0 Å². The number of hydrogen-bond acceptors (Lipinski definition) is 2. The maximum absolute atomic E-state index is 11.6. The van der Waals surface area contributed by atoms with E-state index in [0.717, 1.165) is 16.7 Å². The van der Waals surface area contributed by atoms with Crippen LogP contribution in [0.2, 0.25) is 0 Å². The topological polar surface area (TPSA) is 43.1 Å². The Labute approximate surface area is 90.8 Å². The van der Waals surface area contributed by atoms with Crippen LogP contribution in [0, 0.1) is 0 Å². The van der Waals surface area contributed by atoms with Crippen molar-refractivity contribution >= 4 is 5.78 Å². The van der Waals surface area contributed by atoms with Crippen LogP contribution in [0.3, 0.4) is 0 Å². The van der Waals surface area contributed by atoms with Gasteiger partial charge in [0.2, 0.25) is 0 Å². The van der Waals surface area contributed by atoms with E-state index in [4.69, 9.17) is 5.73 Å². The Kier molecular flexibility index (Phi) is 4.25. The van der Waals surface area contributed by atoms with Gasteiger partial charge >= 0.3 is 0 Å². The molecule has 1 aromatic rings. The van der Waals surface area contributed by atoms with Crippen LogP contribution in [0.15, 0.2) is 35.9 Å². The first-order chi connectivity index (χ1) is 7.13. The van der Waals surface area contributed by atoms with Gasteiger partial charge in [-0.15, -0.1) is 0 Å². The molecule has 0 aliphatic heterocycles. The molecule has 0 atom stereocenters. The molecule has 0 aromatic heterocycles. The average molecular weight is 203 g/mol. The van der Waals surface area contributed by atoms with Gasteiger partial charge in [0, 0.05) is 13.0 Å². The van der Waals surface area contributed by atoms with E-state index in [0.29, 0.717) is 13.0 Å². The molecule has 0 heterocycles. The molecule has 0 fully saturated rings. The molecule has 0 saturated carbocycles. The van der Waals surface area contributed by atoms with Gasteiger partial charge in [-0.25, -0.2) is 0 Å². The summed E-state index contributed by atoms with van der Waals surface area (Å²) in [6.45, 7) is 4.33. The number of ketones is 1. The Morgan fingerprint density at radius 1 is 1.27 bits per heavy atom. The van der Waals surface area contributed by atoms with Crippen molar-refractivity contribution in [2.75, 3.05) is 0 Å². The van der Waals surface area contributed by atoms with Crippen LogP contribution in [0.5, 0.6) is 0 Å². The molecular weight excluding hydrogens is 186 g/mol. The minimum absolute atomic E-state index is 0.135. The van der Waals surface area contributed by atoms with Crippen molar-refractivity contribution in [3.8, 4) is 0 Å². The molecule has 0 saturated heterocycles. The second-order valence-electron chi connectivity index (χ2n) is 3.84. The summed E-state index contributed by atoms with van der Waals surface area (Å²) < 4.78 is 0. The van der Waals surface area contributed by atoms with Crippen LogP contribution in [0.4, 0.5) is 0 Å². The molecule has 2 N–H and O–H groups in total. The van der Waals surface area contributed by atoms with Gasteiger partial charge in [-0.1, -0.05) is 29.8 Å². The van der Waals surface area contributed by atoms with Crippen molar-refractivity contribution in [2.45, 2.75) is 26.8 Å². The number of rotatable bonds is 4. The van der Waals surface area contributed by atoms with Gasteiger partial charge in [0.15, 0.2) is 5.78 Å². The monoisotopic (exact) mass is 203 g/mol. The van der Waals surface area contributed by atoms with Gasteiger partial charge in [-0.2, -0.15) is 0 Å². The van der Waals surface area contributed by atoms with Crippen LogP contribution in [-0.4, -0.2) is 5.78 Å². The first kappa shape index (κ1) is 11.7. The largest absolute Gasteiger partial charge is 0.326 e. The molecule has 0 spiro atoms. The fourth-order valence-electron chi connectivity index (χ4n) is 1.49. The van der Waals surface area contributed by atoms with E-state index in [1.807, 2.05) is 38.1 Å². The molecule has 15 heavy (non-hydrogen) atoms. The quantitative estimate of drug-likeness (QED) is 0.762.